The van der Waals surface area contributed by atoms with Crippen molar-refractivity contribution in [1.29, 1.82) is 0 Å². The molecule has 1 N–H and O–H groups in total. The molecule has 1 fully saturated rings. The van der Waals surface area contributed by atoms with Crippen LogP contribution < -0.4 is 5.32 Å². The summed E-state index contributed by atoms with van der Waals surface area (Å²) < 4.78 is 0. The fourth-order valence-electron chi connectivity index (χ4n) is 2.60. The highest BCUT2D eigenvalue weighted by molar-refractivity contribution is 5.94. The number of hydrogen-bond donors (Lipinski definition) is 1. The van der Waals surface area contributed by atoms with Gasteiger partial charge in [0.1, 0.15) is 0 Å². The molecule has 1 amide bonds. The molecule has 0 spiro atoms. The first-order chi connectivity index (χ1) is 9.20. The maximum absolute atomic E-state index is 12.5. The molecule has 3 heteroatoms. The van der Waals surface area contributed by atoms with Crippen LogP contribution in [0.15, 0.2) is 24.3 Å². The second-order valence-electron chi connectivity index (χ2n) is 5.41. The van der Waals surface area contributed by atoms with Crippen molar-refractivity contribution in [2.75, 3.05) is 19.6 Å². The molecule has 19 heavy (non-hydrogen) atoms. The van der Waals surface area contributed by atoms with Gasteiger partial charge in [0.05, 0.1) is 0 Å². The Hall–Kier alpha value is -1.35. The molecule has 0 radical (unpaired) electrons. The normalized spacial score (nSPS) is 18.5. The van der Waals surface area contributed by atoms with Crippen LogP contribution in [0.1, 0.15) is 42.1 Å². The molecule has 0 aromatic heterocycles. The lowest BCUT2D eigenvalue weighted by Crippen LogP contribution is -2.41. The molecule has 1 atom stereocenters. The van der Waals surface area contributed by atoms with Gasteiger partial charge < -0.3 is 10.2 Å². The van der Waals surface area contributed by atoms with Gasteiger partial charge in [-0.3, -0.25) is 4.79 Å². The summed E-state index contributed by atoms with van der Waals surface area (Å²) >= 11 is 0. The molecule has 1 unspecified atom stereocenters. The number of carbonyl (C=O) groups excluding carboxylic acids is 1. The molecule has 1 heterocycles. The fraction of sp³-hybridized carbons (Fsp3) is 0.562. The van der Waals surface area contributed by atoms with E-state index in [9.17, 15) is 4.79 Å². The summed E-state index contributed by atoms with van der Waals surface area (Å²) in [5.74, 6) is 0.163. The molecular weight excluding hydrogens is 236 g/mol. The molecule has 0 aliphatic carbocycles. The van der Waals surface area contributed by atoms with Crippen molar-refractivity contribution in [2.45, 2.75) is 39.2 Å². The largest absolute Gasteiger partial charge is 0.337 e. The van der Waals surface area contributed by atoms with Gasteiger partial charge in [0, 0.05) is 24.7 Å². The molecule has 1 saturated heterocycles. The van der Waals surface area contributed by atoms with Crippen LogP contribution in [0.2, 0.25) is 0 Å². The quantitative estimate of drug-likeness (QED) is 0.882. The smallest absolute Gasteiger partial charge is 0.253 e. The van der Waals surface area contributed by atoms with Crippen LogP contribution in [0.4, 0.5) is 0 Å². The standard InChI is InChI=1S/C16H24N2O/c1-3-11-18(12-15-5-4-10-17-15)16(19)14-8-6-13(2)7-9-14/h6-9,15,17H,3-5,10-12H2,1-2H3. The maximum Gasteiger partial charge on any atom is 0.253 e. The van der Waals surface area contributed by atoms with Crippen molar-refractivity contribution in [3.63, 3.8) is 0 Å². The van der Waals surface area contributed by atoms with E-state index in [2.05, 4.69) is 12.2 Å². The lowest BCUT2D eigenvalue weighted by atomic mass is 10.1. The summed E-state index contributed by atoms with van der Waals surface area (Å²) in [5.41, 5.74) is 1.99. The van der Waals surface area contributed by atoms with Crippen molar-refractivity contribution in [1.82, 2.24) is 10.2 Å². The molecule has 1 aliphatic heterocycles. The number of benzene rings is 1. The highest BCUT2D eigenvalue weighted by Gasteiger charge is 2.21. The lowest BCUT2D eigenvalue weighted by Gasteiger charge is -2.25. The maximum atomic E-state index is 12.5. The minimum absolute atomic E-state index is 0.163. The Morgan fingerprint density at radius 3 is 2.68 bits per heavy atom. The molecule has 0 saturated carbocycles. The van der Waals surface area contributed by atoms with E-state index in [1.165, 1.54) is 18.4 Å². The molecular formula is C16H24N2O. The number of hydrogen-bond acceptors (Lipinski definition) is 2. The van der Waals surface area contributed by atoms with Gasteiger partial charge in [0.15, 0.2) is 0 Å². The van der Waals surface area contributed by atoms with E-state index in [0.29, 0.717) is 6.04 Å². The van der Waals surface area contributed by atoms with Crippen molar-refractivity contribution in [3.05, 3.63) is 35.4 Å². The third kappa shape index (κ3) is 3.80. The van der Waals surface area contributed by atoms with E-state index in [1.807, 2.05) is 36.1 Å². The van der Waals surface area contributed by atoms with Gasteiger partial charge in [0.25, 0.3) is 5.91 Å². The second-order valence-corrected chi connectivity index (χ2v) is 5.41. The summed E-state index contributed by atoms with van der Waals surface area (Å²) in [6, 6.07) is 8.35. The minimum Gasteiger partial charge on any atom is -0.337 e. The first-order valence-corrected chi connectivity index (χ1v) is 7.30. The van der Waals surface area contributed by atoms with Crippen LogP contribution in [0.25, 0.3) is 0 Å². The van der Waals surface area contributed by atoms with E-state index in [4.69, 9.17) is 0 Å². The number of rotatable bonds is 5. The van der Waals surface area contributed by atoms with Gasteiger partial charge in [-0.25, -0.2) is 0 Å². The topological polar surface area (TPSA) is 32.3 Å². The summed E-state index contributed by atoms with van der Waals surface area (Å²) in [5, 5.41) is 3.47. The Balaban J connectivity index is 2.04. The molecule has 2 rings (SSSR count). The van der Waals surface area contributed by atoms with Gasteiger partial charge in [-0.05, 0) is 44.9 Å². The van der Waals surface area contributed by atoms with Gasteiger partial charge >= 0.3 is 0 Å². The molecule has 104 valence electrons. The first kappa shape index (κ1) is 14.1. The highest BCUT2D eigenvalue weighted by Crippen LogP contribution is 2.12. The Morgan fingerprint density at radius 1 is 1.37 bits per heavy atom. The van der Waals surface area contributed by atoms with E-state index in [1.54, 1.807) is 0 Å². The van der Waals surface area contributed by atoms with Crippen LogP contribution in [-0.4, -0.2) is 36.5 Å². The van der Waals surface area contributed by atoms with Crippen molar-refractivity contribution >= 4 is 5.91 Å². The average Bonchev–Trinajstić information content (AvgIpc) is 2.91. The number of amides is 1. The zero-order valence-corrected chi connectivity index (χ0v) is 12.0. The highest BCUT2D eigenvalue weighted by atomic mass is 16.2. The fourth-order valence-corrected chi connectivity index (χ4v) is 2.60. The number of carbonyl (C=O) groups is 1. The van der Waals surface area contributed by atoms with Crippen molar-refractivity contribution in [3.8, 4) is 0 Å². The predicted octanol–water partition coefficient (Wildman–Crippen LogP) is 2.60. The molecule has 1 aromatic carbocycles. The summed E-state index contributed by atoms with van der Waals surface area (Å²) in [4.78, 5) is 14.5. The third-order valence-corrected chi connectivity index (χ3v) is 3.68. The number of aryl methyl sites for hydroxylation is 1. The molecule has 0 bridgehead atoms. The van der Waals surface area contributed by atoms with Crippen molar-refractivity contribution < 1.29 is 4.79 Å². The Bertz CT molecular complexity index is 407. The summed E-state index contributed by atoms with van der Waals surface area (Å²) in [6.45, 7) is 6.92. The predicted molar refractivity (Wildman–Crippen MR) is 78.4 cm³/mol. The van der Waals surface area contributed by atoms with E-state index in [-0.39, 0.29) is 5.91 Å². The van der Waals surface area contributed by atoms with Crippen LogP contribution >= 0.6 is 0 Å². The monoisotopic (exact) mass is 260 g/mol. The number of nitrogens with zero attached hydrogens (tertiary/aromatic N) is 1. The van der Waals surface area contributed by atoms with Crippen LogP contribution in [0.5, 0.6) is 0 Å². The van der Waals surface area contributed by atoms with E-state index < -0.39 is 0 Å². The van der Waals surface area contributed by atoms with Crippen LogP contribution in [0, 0.1) is 6.92 Å². The molecule has 3 nitrogen and oxygen atoms in total. The summed E-state index contributed by atoms with van der Waals surface area (Å²) in [6.07, 6.45) is 3.41. The second kappa shape index (κ2) is 6.71. The zero-order chi connectivity index (χ0) is 13.7. The summed E-state index contributed by atoms with van der Waals surface area (Å²) in [7, 11) is 0. The van der Waals surface area contributed by atoms with Crippen LogP contribution in [-0.2, 0) is 0 Å². The van der Waals surface area contributed by atoms with E-state index >= 15 is 0 Å². The number of nitrogens with one attached hydrogen (secondary N) is 1. The SMILES string of the molecule is CCCN(CC1CCCN1)C(=O)c1ccc(C)cc1. The molecule has 1 aliphatic rings. The lowest BCUT2D eigenvalue weighted by molar-refractivity contribution is 0.0742. The van der Waals surface area contributed by atoms with Crippen LogP contribution in [0.3, 0.4) is 0 Å². The van der Waals surface area contributed by atoms with Gasteiger partial charge in [-0.2, -0.15) is 0 Å². The van der Waals surface area contributed by atoms with Gasteiger partial charge in [-0.15, -0.1) is 0 Å². The average molecular weight is 260 g/mol. The first-order valence-electron chi connectivity index (χ1n) is 7.30. The van der Waals surface area contributed by atoms with Gasteiger partial charge in [0.2, 0.25) is 0 Å². The molecule has 1 aromatic rings. The van der Waals surface area contributed by atoms with E-state index in [0.717, 1.165) is 31.6 Å². The zero-order valence-electron chi connectivity index (χ0n) is 12.0. The third-order valence-electron chi connectivity index (χ3n) is 3.68. The van der Waals surface area contributed by atoms with Gasteiger partial charge in [-0.1, -0.05) is 24.6 Å². The Labute approximate surface area is 116 Å². The van der Waals surface area contributed by atoms with Crippen molar-refractivity contribution in [2.24, 2.45) is 0 Å². The minimum atomic E-state index is 0.163. The Kier molecular flexibility index (Phi) is 4.97. The Morgan fingerprint density at radius 2 is 2.11 bits per heavy atom.